The molecule has 33 heavy (non-hydrogen) atoms. The molecule has 5 nitrogen and oxygen atoms in total. The minimum absolute atomic E-state index is 0.000567. The van der Waals surface area contributed by atoms with Crippen LogP contribution in [0.3, 0.4) is 0 Å². The van der Waals surface area contributed by atoms with Gasteiger partial charge in [-0.25, -0.2) is 4.39 Å². The molecule has 1 saturated heterocycles. The fraction of sp³-hybridized carbons (Fsp3) is 0.704. The van der Waals surface area contributed by atoms with E-state index in [1.807, 2.05) is 24.3 Å². The number of fused-ring (bicyclic) bond motifs is 5. The molecule has 0 unspecified atom stereocenters. The Balaban J connectivity index is 1.34. The third-order valence-electron chi connectivity index (χ3n) is 10.2. The van der Waals surface area contributed by atoms with E-state index in [-0.39, 0.29) is 34.6 Å². The lowest BCUT2D eigenvalue weighted by Gasteiger charge is -2.62. The summed E-state index contributed by atoms with van der Waals surface area (Å²) < 4.78 is 19.9. The SMILES string of the molecule is COc1ccc(NC(=O)[C@H]2CC[C@H]3[C@@H]4CC[C@H]5N(C)C(=O)[C@H](F)C[C@]5(C)[C@H]4CC[C@]23C)cc1. The second-order valence-corrected chi connectivity index (χ2v) is 11.5. The van der Waals surface area contributed by atoms with Gasteiger partial charge in [0.25, 0.3) is 5.91 Å². The molecule has 1 heterocycles. The molecular formula is C27H37FN2O3. The minimum Gasteiger partial charge on any atom is -0.497 e. The maximum Gasteiger partial charge on any atom is 0.257 e. The molecule has 1 aliphatic heterocycles. The average Bonchev–Trinajstić information content (AvgIpc) is 3.15. The zero-order chi connectivity index (χ0) is 23.5. The van der Waals surface area contributed by atoms with Crippen molar-refractivity contribution in [1.82, 2.24) is 4.90 Å². The van der Waals surface area contributed by atoms with Crippen LogP contribution in [0.15, 0.2) is 24.3 Å². The van der Waals surface area contributed by atoms with Crippen LogP contribution >= 0.6 is 0 Å². The van der Waals surface area contributed by atoms with Crippen LogP contribution in [0.25, 0.3) is 0 Å². The number of carbonyl (C=O) groups excluding carboxylic acids is 2. The summed E-state index contributed by atoms with van der Waals surface area (Å²) >= 11 is 0. The summed E-state index contributed by atoms with van der Waals surface area (Å²) in [5.41, 5.74) is 0.612. The Morgan fingerprint density at radius 2 is 1.76 bits per heavy atom. The summed E-state index contributed by atoms with van der Waals surface area (Å²) in [5.74, 6) is 1.98. The quantitative estimate of drug-likeness (QED) is 0.692. The Morgan fingerprint density at radius 1 is 1.06 bits per heavy atom. The molecule has 6 heteroatoms. The van der Waals surface area contributed by atoms with Gasteiger partial charge in [0.2, 0.25) is 5.91 Å². The van der Waals surface area contributed by atoms with Crippen LogP contribution in [0, 0.1) is 34.5 Å². The fourth-order valence-electron chi connectivity index (χ4n) is 8.54. The molecule has 1 N–H and O–H groups in total. The largest absolute Gasteiger partial charge is 0.497 e. The summed E-state index contributed by atoms with van der Waals surface area (Å²) in [6.45, 7) is 4.55. The highest BCUT2D eigenvalue weighted by Gasteiger charge is 2.63. The first-order valence-electron chi connectivity index (χ1n) is 12.5. The fourth-order valence-corrected chi connectivity index (χ4v) is 8.54. The summed E-state index contributed by atoms with van der Waals surface area (Å²) in [6.07, 6.45) is 4.99. The molecule has 180 valence electrons. The highest BCUT2D eigenvalue weighted by Crippen LogP contribution is 2.66. The first kappa shape index (κ1) is 22.7. The summed E-state index contributed by atoms with van der Waals surface area (Å²) in [4.78, 5) is 27.4. The number of halogens is 1. The van der Waals surface area contributed by atoms with Crippen molar-refractivity contribution in [2.75, 3.05) is 19.5 Å². The molecule has 3 aliphatic carbocycles. The Bertz CT molecular complexity index is 936. The number of rotatable bonds is 3. The van der Waals surface area contributed by atoms with Gasteiger partial charge in [0, 0.05) is 24.7 Å². The molecular weight excluding hydrogens is 419 g/mol. The van der Waals surface area contributed by atoms with Crippen molar-refractivity contribution in [3.63, 3.8) is 0 Å². The van der Waals surface area contributed by atoms with Crippen LogP contribution in [0.2, 0.25) is 0 Å². The van der Waals surface area contributed by atoms with Crippen molar-refractivity contribution in [3.05, 3.63) is 24.3 Å². The van der Waals surface area contributed by atoms with Gasteiger partial charge in [-0.2, -0.15) is 0 Å². The molecule has 4 aliphatic rings. The van der Waals surface area contributed by atoms with E-state index in [0.29, 0.717) is 24.2 Å². The number of anilines is 1. The van der Waals surface area contributed by atoms with Gasteiger partial charge in [-0.1, -0.05) is 13.8 Å². The van der Waals surface area contributed by atoms with E-state index in [1.165, 1.54) is 0 Å². The summed E-state index contributed by atoms with van der Waals surface area (Å²) in [6, 6.07) is 7.64. The summed E-state index contributed by atoms with van der Waals surface area (Å²) in [5, 5.41) is 3.15. The zero-order valence-corrected chi connectivity index (χ0v) is 20.3. The molecule has 1 aromatic carbocycles. The highest BCUT2D eigenvalue weighted by atomic mass is 19.1. The third-order valence-corrected chi connectivity index (χ3v) is 10.2. The molecule has 0 aromatic heterocycles. The number of amides is 2. The van der Waals surface area contributed by atoms with Crippen LogP contribution in [-0.4, -0.2) is 43.1 Å². The van der Waals surface area contributed by atoms with E-state index in [2.05, 4.69) is 19.2 Å². The van der Waals surface area contributed by atoms with Crippen LogP contribution in [-0.2, 0) is 9.59 Å². The number of piperidine rings is 1. The molecule has 4 fully saturated rings. The van der Waals surface area contributed by atoms with E-state index in [9.17, 15) is 14.0 Å². The van der Waals surface area contributed by atoms with Gasteiger partial charge < -0.3 is 15.0 Å². The number of alkyl halides is 1. The minimum atomic E-state index is -1.38. The first-order valence-corrected chi connectivity index (χ1v) is 12.5. The van der Waals surface area contributed by atoms with Gasteiger partial charge in [0.05, 0.1) is 7.11 Å². The molecule has 0 spiro atoms. The number of nitrogens with one attached hydrogen (secondary N) is 1. The molecule has 5 rings (SSSR count). The normalized spacial score (nSPS) is 42.2. The monoisotopic (exact) mass is 456 g/mol. The second kappa shape index (κ2) is 7.99. The van der Waals surface area contributed by atoms with Crippen molar-refractivity contribution in [2.45, 2.75) is 71.0 Å². The van der Waals surface area contributed by atoms with E-state index in [0.717, 1.165) is 50.0 Å². The Kier molecular flexibility index (Phi) is 5.49. The topological polar surface area (TPSA) is 58.6 Å². The average molecular weight is 457 g/mol. The number of benzene rings is 1. The number of nitrogens with zero attached hydrogens (tertiary/aromatic N) is 1. The lowest BCUT2D eigenvalue weighted by Crippen LogP contribution is -2.64. The van der Waals surface area contributed by atoms with Gasteiger partial charge in [0.1, 0.15) is 5.75 Å². The number of ether oxygens (including phenoxy) is 1. The lowest BCUT2D eigenvalue weighted by molar-refractivity contribution is -0.169. The standard InChI is InChI=1S/C27H37FN2O3/c1-26-14-13-20-18(9-12-23-27(20,2)15-22(28)25(32)30(23)3)19(26)10-11-21(26)24(31)29-16-5-7-17(33-4)8-6-16/h5-8,18-23H,9-15H2,1-4H3,(H,29,31)/t18-,19-,20-,21+,22+,23+,26-,27+/m0/s1. The molecule has 3 saturated carbocycles. The van der Waals surface area contributed by atoms with Gasteiger partial charge >= 0.3 is 0 Å². The molecule has 8 atom stereocenters. The number of likely N-dealkylation sites (tertiary alicyclic amines) is 1. The van der Waals surface area contributed by atoms with E-state index in [1.54, 1.807) is 19.1 Å². The maximum absolute atomic E-state index is 14.7. The predicted octanol–water partition coefficient (Wildman–Crippen LogP) is 5.06. The Labute approximate surface area is 196 Å². The van der Waals surface area contributed by atoms with Crippen molar-refractivity contribution < 1.29 is 18.7 Å². The zero-order valence-electron chi connectivity index (χ0n) is 20.3. The van der Waals surface area contributed by atoms with Gasteiger partial charge in [-0.15, -0.1) is 0 Å². The number of methoxy groups -OCH3 is 1. The van der Waals surface area contributed by atoms with Crippen molar-refractivity contribution >= 4 is 17.5 Å². The predicted molar refractivity (Wildman–Crippen MR) is 126 cm³/mol. The van der Waals surface area contributed by atoms with E-state index in [4.69, 9.17) is 4.74 Å². The number of hydrogen-bond acceptors (Lipinski definition) is 3. The van der Waals surface area contributed by atoms with Gasteiger partial charge in [-0.3, -0.25) is 9.59 Å². The van der Waals surface area contributed by atoms with Crippen molar-refractivity contribution in [2.24, 2.45) is 34.5 Å². The van der Waals surface area contributed by atoms with Crippen LogP contribution in [0.1, 0.15) is 58.8 Å². The Hall–Kier alpha value is -2.11. The first-order chi connectivity index (χ1) is 15.7. The highest BCUT2D eigenvalue weighted by molar-refractivity contribution is 5.93. The second-order valence-electron chi connectivity index (χ2n) is 11.5. The number of carbonyl (C=O) groups is 2. The third kappa shape index (κ3) is 3.38. The molecule has 2 amide bonds. The van der Waals surface area contributed by atoms with Gasteiger partial charge in [-0.05, 0) is 97.8 Å². The molecule has 0 bridgehead atoms. The number of hydrogen-bond donors (Lipinski definition) is 1. The van der Waals surface area contributed by atoms with Crippen molar-refractivity contribution in [3.8, 4) is 5.75 Å². The van der Waals surface area contributed by atoms with Crippen LogP contribution in [0.5, 0.6) is 5.75 Å². The lowest BCUT2D eigenvalue weighted by atomic mass is 9.46. The van der Waals surface area contributed by atoms with Gasteiger partial charge in [0.15, 0.2) is 6.17 Å². The smallest absolute Gasteiger partial charge is 0.257 e. The van der Waals surface area contributed by atoms with Crippen LogP contribution < -0.4 is 10.1 Å². The van der Waals surface area contributed by atoms with Crippen LogP contribution in [0.4, 0.5) is 10.1 Å². The Morgan fingerprint density at radius 3 is 2.45 bits per heavy atom. The van der Waals surface area contributed by atoms with E-state index < -0.39 is 6.17 Å². The summed E-state index contributed by atoms with van der Waals surface area (Å²) in [7, 11) is 3.42. The van der Waals surface area contributed by atoms with E-state index >= 15 is 0 Å². The molecule has 0 radical (unpaired) electrons. The molecule has 1 aromatic rings. The van der Waals surface area contributed by atoms with Crippen molar-refractivity contribution in [1.29, 1.82) is 0 Å². The maximum atomic E-state index is 14.7.